The van der Waals surface area contributed by atoms with Gasteiger partial charge in [0.1, 0.15) is 0 Å². The lowest BCUT2D eigenvalue weighted by Crippen LogP contribution is -2.29. The molecule has 0 saturated heterocycles. The minimum atomic E-state index is -0.339. The molecule has 2 nitrogen and oxygen atoms in total. The summed E-state index contributed by atoms with van der Waals surface area (Å²) in [4.78, 5) is 0. The first-order valence-corrected chi connectivity index (χ1v) is 4.84. The summed E-state index contributed by atoms with van der Waals surface area (Å²) in [6.07, 6.45) is 2.39. The largest absolute Gasteiger partial charge is 0.624 e. The summed E-state index contributed by atoms with van der Waals surface area (Å²) in [5.41, 5.74) is 0.826. The summed E-state index contributed by atoms with van der Waals surface area (Å²) in [6.45, 7) is 5.71. The molecule has 0 amide bonds. The molecule has 0 N–H and O–H groups in total. The molecule has 0 saturated carbocycles. The van der Waals surface area contributed by atoms with Crippen LogP contribution in [0.2, 0.25) is 0 Å². The summed E-state index contributed by atoms with van der Waals surface area (Å²) >= 11 is 0. The van der Waals surface area contributed by atoms with Crippen LogP contribution in [-0.2, 0) is 6.42 Å². The Balaban J connectivity index is 2.65. The van der Waals surface area contributed by atoms with Crippen LogP contribution in [0.3, 0.4) is 0 Å². The van der Waals surface area contributed by atoms with Crippen molar-refractivity contribution in [3.63, 3.8) is 0 Å². The maximum atomic E-state index is 11.5. The van der Waals surface area contributed by atoms with Gasteiger partial charge in [-0.1, -0.05) is 30.3 Å². The molecule has 0 unspecified atom stereocenters. The van der Waals surface area contributed by atoms with Gasteiger partial charge in [-0.25, -0.2) is 4.74 Å². The summed E-state index contributed by atoms with van der Waals surface area (Å²) in [6, 6.07) is 9.98. The fraction of sp³-hybridized carbons (Fsp3) is 0.417. The lowest BCUT2D eigenvalue weighted by atomic mass is 10.1. The van der Waals surface area contributed by atoms with Gasteiger partial charge in [0, 0.05) is 20.8 Å². The fourth-order valence-corrected chi connectivity index (χ4v) is 1.08. The maximum Gasteiger partial charge on any atom is 0.164 e. The average Bonchev–Trinajstić information content (AvgIpc) is 2.14. The van der Waals surface area contributed by atoms with Gasteiger partial charge >= 0.3 is 0 Å². The van der Waals surface area contributed by atoms with Gasteiger partial charge in [-0.3, -0.25) is 0 Å². The molecular formula is C12H17NO. The zero-order valence-corrected chi connectivity index (χ0v) is 9.03. The molecule has 14 heavy (non-hydrogen) atoms. The maximum absolute atomic E-state index is 11.5. The molecule has 0 aliphatic heterocycles. The van der Waals surface area contributed by atoms with Gasteiger partial charge in [-0.05, 0) is 5.56 Å². The highest BCUT2D eigenvalue weighted by molar-refractivity contribution is 5.56. The van der Waals surface area contributed by atoms with E-state index in [0.29, 0.717) is 6.42 Å². The highest BCUT2D eigenvalue weighted by atomic mass is 16.5. The van der Waals surface area contributed by atoms with Crippen molar-refractivity contribution in [2.75, 3.05) is 0 Å². The van der Waals surface area contributed by atoms with Crippen molar-refractivity contribution >= 4 is 6.21 Å². The van der Waals surface area contributed by atoms with Crippen LogP contribution in [0.5, 0.6) is 0 Å². The minimum absolute atomic E-state index is 0.339. The topological polar surface area (TPSA) is 26.1 Å². The predicted octanol–water partition coefficient (Wildman–Crippen LogP) is 2.61. The monoisotopic (exact) mass is 191 g/mol. The second-order valence-electron chi connectivity index (χ2n) is 4.37. The number of benzene rings is 1. The second kappa shape index (κ2) is 4.27. The molecule has 0 radical (unpaired) electrons. The second-order valence-corrected chi connectivity index (χ2v) is 4.37. The molecular weight excluding hydrogens is 174 g/mol. The number of nitrogens with zero attached hydrogens (tertiary/aromatic N) is 1. The number of hydrogen-bond donors (Lipinski definition) is 0. The molecule has 2 heteroatoms. The number of hydroxylamine groups is 1. The average molecular weight is 191 g/mol. The van der Waals surface area contributed by atoms with E-state index in [4.69, 9.17) is 0 Å². The van der Waals surface area contributed by atoms with E-state index in [2.05, 4.69) is 0 Å². The third kappa shape index (κ3) is 3.21. The Morgan fingerprint density at radius 2 is 1.79 bits per heavy atom. The van der Waals surface area contributed by atoms with E-state index in [-0.39, 0.29) is 5.54 Å². The molecule has 0 fully saturated rings. The van der Waals surface area contributed by atoms with Crippen LogP contribution in [0.1, 0.15) is 26.3 Å². The third-order valence-electron chi connectivity index (χ3n) is 2.00. The van der Waals surface area contributed by atoms with Crippen LogP contribution in [0.4, 0.5) is 0 Å². The standard InChI is InChI=1S/C12H17NO/c1-12(2,3)13(14)10-9-11-7-5-4-6-8-11/h4-8,10H,9H2,1-3H3. The molecule has 0 atom stereocenters. The lowest BCUT2D eigenvalue weighted by molar-refractivity contribution is -0.531. The van der Waals surface area contributed by atoms with Crippen molar-refractivity contribution in [1.29, 1.82) is 0 Å². The summed E-state index contributed by atoms with van der Waals surface area (Å²) in [5, 5.41) is 11.5. The van der Waals surface area contributed by atoms with Crippen molar-refractivity contribution < 1.29 is 4.74 Å². The Bertz CT molecular complexity index is 309. The molecule has 1 aromatic carbocycles. The van der Waals surface area contributed by atoms with E-state index in [0.717, 1.165) is 10.3 Å². The van der Waals surface area contributed by atoms with E-state index in [1.54, 1.807) is 6.21 Å². The highest BCUT2D eigenvalue weighted by Crippen LogP contribution is 2.05. The minimum Gasteiger partial charge on any atom is -0.624 e. The molecule has 0 aliphatic rings. The van der Waals surface area contributed by atoms with Gasteiger partial charge < -0.3 is 5.21 Å². The lowest BCUT2D eigenvalue weighted by Gasteiger charge is -2.18. The van der Waals surface area contributed by atoms with Gasteiger partial charge in [-0.2, -0.15) is 0 Å². The zero-order valence-electron chi connectivity index (χ0n) is 9.03. The molecule has 0 heterocycles. The summed E-state index contributed by atoms with van der Waals surface area (Å²) in [7, 11) is 0. The number of hydrogen-bond acceptors (Lipinski definition) is 1. The Hall–Kier alpha value is -1.31. The van der Waals surface area contributed by atoms with Crippen LogP contribution in [0.25, 0.3) is 0 Å². The SMILES string of the molecule is CC(C)(C)[N+]([O-])=CCc1ccccc1. The van der Waals surface area contributed by atoms with Crippen LogP contribution >= 0.6 is 0 Å². The van der Waals surface area contributed by atoms with Gasteiger partial charge in [0.25, 0.3) is 0 Å². The first kappa shape index (κ1) is 10.8. The molecule has 1 aromatic rings. The molecule has 1 rings (SSSR count). The Labute approximate surface area is 85.5 Å². The molecule has 0 aromatic heterocycles. The van der Waals surface area contributed by atoms with Crippen LogP contribution < -0.4 is 0 Å². The van der Waals surface area contributed by atoms with Gasteiger partial charge in [0.2, 0.25) is 0 Å². The van der Waals surface area contributed by atoms with E-state index < -0.39 is 0 Å². The van der Waals surface area contributed by atoms with Crippen molar-refractivity contribution in [3.05, 3.63) is 41.1 Å². The smallest absolute Gasteiger partial charge is 0.164 e. The first-order valence-electron chi connectivity index (χ1n) is 4.84. The fourth-order valence-electron chi connectivity index (χ4n) is 1.08. The van der Waals surface area contributed by atoms with E-state index in [1.807, 2.05) is 51.1 Å². The van der Waals surface area contributed by atoms with Gasteiger partial charge in [-0.15, -0.1) is 0 Å². The van der Waals surface area contributed by atoms with Gasteiger partial charge in [0.15, 0.2) is 11.8 Å². The van der Waals surface area contributed by atoms with Crippen molar-refractivity contribution in [2.24, 2.45) is 0 Å². The Morgan fingerprint density at radius 3 is 2.29 bits per heavy atom. The van der Waals surface area contributed by atoms with Gasteiger partial charge in [0.05, 0.1) is 6.42 Å². The van der Waals surface area contributed by atoms with Crippen LogP contribution in [0.15, 0.2) is 30.3 Å². The van der Waals surface area contributed by atoms with E-state index >= 15 is 0 Å². The highest BCUT2D eigenvalue weighted by Gasteiger charge is 2.17. The quantitative estimate of drug-likeness (QED) is 0.305. The van der Waals surface area contributed by atoms with Crippen LogP contribution in [-0.4, -0.2) is 16.5 Å². The van der Waals surface area contributed by atoms with Crippen molar-refractivity contribution in [2.45, 2.75) is 32.7 Å². The predicted molar refractivity (Wildman–Crippen MR) is 59.6 cm³/mol. The number of rotatable bonds is 2. The van der Waals surface area contributed by atoms with E-state index in [9.17, 15) is 5.21 Å². The molecule has 0 spiro atoms. The van der Waals surface area contributed by atoms with Crippen LogP contribution in [0, 0.1) is 5.21 Å². The normalized spacial score (nSPS) is 12.9. The third-order valence-corrected chi connectivity index (χ3v) is 2.00. The molecule has 0 aliphatic carbocycles. The first-order chi connectivity index (χ1) is 6.50. The molecule has 76 valence electrons. The van der Waals surface area contributed by atoms with E-state index in [1.165, 1.54) is 0 Å². The summed E-state index contributed by atoms with van der Waals surface area (Å²) in [5.74, 6) is 0. The summed E-state index contributed by atoms with van der Waals surface area (Å²) < 4.78 is 1.01. The Morgan fingerprint density at radius 1 is 1.21 bits per heavy atom. The zero-order chi connectivity index (χ0) is 10.6. The Kier molecular flexibility index (Phi) is 3.28. The van der Waals surface area contributed by atoms with Crippen molar-refractivity contribution in [3.8, 4) is 0 Å². The van der Waals surface area contributed by atoms with Crippen molar-refractivity contribution in [1.82, 2.24) is 0 Å². The molecule has 0 bridgehead atoms.